The van der Waals surface area contributed by atoms with E-state index in [9.17, 15) is 28.8 Å². The van der Waals surface area contributed by atoms with Crippen LogP contribution in [0.25, 0.3) is 0 Å². The lowest BCUT2D eigenvalue weighted by molar-refractivity contribution is -0.125. The van der Waals surface area contributed by atoms with Gasteiger partial charge in [-0.1, -0.05) is 0 Å². The summed E-state index contributed by atoms with van der Waals surface area (Å²) in [5.41, 5.74) is -0.613. The normalized spacial score (nSPS) is 17.7. The number of Topliss-reactive ketones (excluding diaryl/α,β-unsaturated/α-hetero) is 2. The summed E-state index contributed by atoms with van der Waals surface area (Å²) < 4.78 is 16.7. The van der Waals surface area contributed by atoms with Gasteiger partial charge in [0.15, 0.2) is 11.6 Å². The highest BCUT2D eigenvalue weighted by Crippen LogP contribution is 2.24. The van der Waals surface area contributed by atoms with Crippen LogP contribution in [0.15, 0.2) is 48.5 Å². The van der Waals surface area contributed by atoms with Gasteiger partial charge in [-0.05, 0) is 116 Å². The number of amides is 4. The zero-order chi connectivity index (χ0) is 35.9. The number of ketones is 2. The van der Waals surface area contributed by atoms with E-state index in [4.69, 9.17) is 14.2 Å². The highest BCUT2D eigenvalue weighted by molar-refractivity contribution is 6.01. The molecule has 2 N–H and O–H groups in total. The van der Waals surface area contributed by atoms with Crippen molar-refractivity contribution in [3.8, 4) is 11.5 Å². The molecule has 2 heterocycles. The molecule has 2 aromatic rings. The van der Waals surface area contributed by atoms with Gasteiger partial charge in [0, 0.05) is 24.2 Å². The standard InChI is InChI=1S/C36H46N4O9/c1-35(2,3)48-33(45)39-19-7-9-27(39)31(43)37-21-29(41)23-11-15-25(16-12-23)47-26-17-13-24(14-18-26)30(42)22-38-32(44)28-10-8-20-40(28)34(46)49-36(4,5)6/h11-18,27-28H,7-10,19-22H2,1-6H3,(H,37,43)(H,38,44)/t27-,28-/m0/s1. The smallest absolute Gasteiger partial charge is 0.410 e. The molecule has 2 aromatic carbocycles. The number of likely N-dealkylation sites (tertiary alicyclic amines) is 2. The SMILES string of the molecule is CC(C)(C)OC(=O)N1CCC[C@H]1C(=O)NCC(=O)c1ccc(Oc2ccc(C(=O)CNC(=O)[C@@H]3CCCN3C(=O)OC(C)(C)C)cc2)cc1. The predicted molar refractivity (Wildman–Crippen MR) is 180 cm³/mol. The van der Waals surface area contributed by atoms with Crippen molar-refractivity contribution in [2.45, 2.75) is 90.5 Å². The van der Waals surface area contributed by atoms with E-state index < -0.39 is 47.3 Å². The summed E-state index contributed by atoms with van der Waals surface area (Å²) in [5, 5.41) is 5.28. The Bertz CT molecular complexity index is 1430. The highest BCUT2D eigenvalue weighted by Gasteiger charge is 2.38. The molecule has 2 aliphatic heterocycles. The maximum absolute atomic E-state index is 12.8. The third-order valence-electron chi connectivity index (χ3n) is 7.80. The van der Waals surface area contributed by atoms with Gasteiger partial charge in [0.25, 0.3) is 0 Å². The second-order valence-electron chi connectivity index (χ2n) is 14.1. The van der Waals surface area contributed by atoms with Crippen LogP contribution >= 0.6 is 0 Å². The van der Waals surface area contributed by atoms with Crippen molar-refractivity contribution in [1.29, 1.82) is 0 Å². The van der Waals surface area contributed by atoms with Crippen molar-refractivity contribution in [3.05, 3.63) is 59.7 Å². The summed E-state index contributed by atoms with van der Waals surface area (Å²) in [4.78, 5) is 78.9. The van der Waals surface area contributed by atoms with Gasteiger partial charge >= 0.3 is 12.2 Å². The molecule has 2 aliphatic rings. The lowest BCUT2D eigenvalue weighted by Gasteiger charge is -2.28. The summed E-state index contributed by atoms with van der Waals surface area (Å²) in [6.45, 7) is 10.9. The van der Waals surface area contributed by atoms with Crippen LogP contribution in [0, 0.1) is 0 Å². The van der Waals surface area contributed by atoms with Crippen LogP contribution < -0.4 is 15.4 Å². The van der Waals surface area contributed by atoms with Gasteiger partial charge in [0.05, 0.1) is 13.1 Å². The predicted octanol–water partition coefficient (Wildman–Crippen LogP) is 4.88. The lowest BCUT2D eigenvalue weighted by atomic mass is 10.1. The van der Waals surface area contributed by atoms with E-state index in [0.29, 0.717) is 61.4 Å². The highest BCUT2D eigenvalue weighted by atomic mass is 16.6. The number of ether oxygens (including phenoxy) is 3. The number of hydrogen-bond acceptors (Lipinski definition) is 9. The van der Waals surface area contributed by atoms with E-state index in [-0.39, 0.29) is 24.7 Å². The minimum Gasteiger partial charge on any atom is -0.457 e. The van der Waals surface area contributed by atoms with Crippen molar-refractivity contribution in [3.63, 3.8) is 0 Å². The number of carbonyl (C=O) groups excluding carboxylic acids is 6. The summed E-state index contributed by atoms with van der Waals surface area (Å²) in [6.07, 6.45) is 1.22. The third kappa shape index (κ3) is 10.5. The summed E-state index contributed by atoms with van der Waals surface area (Å²) >= 11 is 0. The minimum atomic E-state index is -0.687. The maximum Gasteiger partial charge on any atom is 0.410 e. The molecule has 264 valence electrons. The summed E-state index contributed by atoms with van der Waals surface area (Å²) in [7, 11) is 0. The molecule has 13 heteroatoms. The molecule has 49 heavy (non-hydrogen) atoms. The van der Waals surface area contributed by atoms with E-state index >= 15 is 0 Å². The first kappa shape index (κ1) is 36.9. The van der Waals surface area contributed by atoms with E-state index in [2.05, 4.69) is 10.6 Å². The zero-order valence-corrected chi connectivity index (χ0v) is 29.0. The molecule has 0 saturated carbocycles. The summed E-state index contributed by atoms with van der Waals surface area (Å²) in [5.74, 6) is -0.502. The molecule has 2 atom stereocenters. The topological polar surface area (TPSA) is 161 Å². The number of hydrogen-bond donors (Lipinski definition) is 2. The Balaban J connectivity index is 1.23. The molecule has 0 bridgehead atoms. The Kier molecular flexibility index (Phi) is 11.7. The van der Waals surface area contributed by atoms with Crippen LogP contribution in [0.4, 0.5) is 9.59 Å². The Morgan fingerprint density at radius 3 is 1.29 bits per heavy atom. The molecule has 4 amide bonds. The Labute approximate surface area is 286 Å². The molecular formula is C36H46N4O9. The van der Waals surface area contributed by atoms with Gasteiger partial charge < -0.3 is 24.8 Å². The number of nitrogens with zero attached hydrogens (tertiary/aromatic N) is 2. The molecule has 13 nitrogen and oxygen atoms in total. The van der Waals surface area contributed by atoms with Crippen molar-refractivity contribution in [1.82, 2.24) is 20.4 Å². The molecular weight excluding hydrogens is 632 g/mol. The van der Waals surface area contributed by atoms with Crippen LogP contribution in [0.1, 0.15) is 87.9 Å². The lowest BCUT2D eigenvalue weighted by Crippen LogP contribution is -2.48. The van der Waals surface area contributed by atoms with Gasteiger partial charge in [-0.3, -0.25) is 29.0 Å². The molecule has 0 spiro atoms. The quantitative estimate of drug-likeness (QED) is 0.334. The minimum absolute atomic E-state index is 0.226. The Morgan fingerprint density at radius 2 is 0.959 bits per heavy atom. The number of rotatable bonds is 10. The van der Waals surface area contributed by atoms with Gasteiger partial charge in [-0.25, -0.2) is 9.59 Å². The molecule has 4 rings (SSSR count). The Hall–Kier alpha value is -4.94. The van der Waals surface area contributed by atoms with Crippen molar-refractivity contribution < 1.29 is 43.0 Å². The van der Waals surface area contributed by atoms with Gasteiger partial charge in [-0.2, -0.15) is 0 Å². The van der Waals surface area contributed by atoms with Gasteiger partial charge in [0.1, 0.15) is 34.8 Å². The maximum atomic E-state index is 12.8. The van der Waals surface area contributed by atoms with Crippen molar-refractivity contribution in [2.24, 2.45) is 0 Å². The van der Waals surface area contributed by atoms with E-state index in [1.165, 1.54) is 9.80 Å². The first-order valence-electron chi connectivity index (χ1n) is 16.5. The van der Waals surface area contributed by atoms with Crippen molar-refractivity contribution in [2.75, 3.05) is 26.2 Å². The zero-order valence-electron chi connectivity index (χ0n) is 29.0. The average Bonchev–Trinajstić information content (AvgIpc) is 3.72. The van der Waals surface area contributed by atoms with Crippen LogP contribution in [0.3, 0.4) is 0 Å². The second-order valence-corrected chi connectivity index (χ2v) is 14.1. The van der Waals surface area contributed by atoms with Crippen LogP contribution in [0.5, 0.6) is 11.5 Å². The largest absolute Gasteiger partial charge is 0.457 e. The van der Waals surface area contributed by atoms with E-state index in [1.54, 1.807) is 90.1 Å². The fourth-order valence-electron chi connectivity index (χ4n) is 5.49. The molecule has 2 fully saturated rings. The van der Waals surface area contributed by atoms with Gasteiger partial charge in [-0.15, -0.1) is 0 Å². The van der Waals surface area contributed by atoms with Crippen LogP contribution in [-0.4, -0.2) is 94.8 Å². The third-order valence-corrected chi connectivity index (χ3v) is 7.80. The number of benzene rings is 2. The molecule has 0 aromatic heterocycles. The molecule has 2 saturated heterocycles. The summed E-state index contributed by atoms with van der Waals surface area (Å²) in [6, 6.07) is 11.4. The van der Waals surface area contributed by atoms with Crippen LogP contribution in [-0.2, 0) is 19.1 Å². The molecule has 0 radical (unpaired) electrons. The first-order chi connectivity index (χ1) is 23.0. The number of nitrogens with one attached hydrogen (secondary N) is 2. The first-order valence-corrected chi connectivity index (χ1v) is 16.5. The molecule has 0 aliphatic carbocycles. The second kappa shape index (κ2) is 15.5. The van der Waals surface area contributed by atoms with Gasteiger partial charge in [0.2, 0.25) is 11.8 Å². The fourth-order valence-corrected chi connectivity index (χ4v) is 5.49. The fraction of sp³-hybridized carbons (Fsp3) is 0.500. The van der Waals surface area contributed by atoms with Crippen molar-refractivity contribution >= 4 is 35.6 Å². The molecule has 0 unspecified atom stereocenters. The van der Waals surface area contributed by atoms with E-state index in [1.807, 2.05) is 0 Å². The van der Waals surface area contributed by atoms with E-state index in [0.717, 1.165) is 0 Å². The monoisotopic (exact) mass is 678 g/mol. The Morgan fingerprint density at radius 1 is 0.612 bits per heavy atom. The average molecular weight is 679 g/mol. The van der Waals surface area contributed by atoms with Crippen LogP contribution in [0.2, 0.25) is 0 Å². The number of carbonyl (C=O) groups is 6.